The van der Waals surface area contributed by atoms with Gasteiger partial charge in [-0.25, -0.2) is 0 Å². The third-order valence-corrected chi connectivity index (χ3v) is 2.78. The molecular formula is C13H10ClNO2. The van der Waals surface area contributed by atoms with E-state index in [-0.39, 0.29) is 10.7 Å². The zero-order valence-electron chi connectivity index (χ0n) is 8.97. The molecule has 0 aromatic heterocycles. The van der Waals surface area contributed by atoms with Crippen LogP contribution in [0.25, 0.3) is 0 Å². The number of nitro groups is 1. The molecular weight excluding hydrogens is 238 g/mol. The maximum Gasteiger partial charge on any atom is 0.288 e. The van der Waals surface area contributed by atoms with Crippen LogP contribution in [0.3, 0.4) is 0 Å². The number of nitrogens with zero attached hydrogens (tertiary/aromatic N) is 1. The van der Waals surface area contributed by atoms with Gasteiger partial charge in [0.15, 0.2) is 0 Å². The number of hydrogen-bond donors (Lipinski definition) is 0. The van der Waals surface area contributed by atoms with Crippen molar-refractivity contribution in [3.8, 4) is 0 Å². The Bertz CT molecular complexity index is 540. The Balaban J connectivity index is 2.29. The average molecular weight is 248 g/mol. The summed E-state index contributed by atoms with van der Waals surface area (Å²) in [6.07, 6.45) is 0.666. The summed E-state index contributed by atoms with van der Waals surface area (Å²) in [5, 5.41) is 10.9. The molecule has 0 radical (unpaired) electrons. The van der Waals surface area contributed by atoms with Crippen molar-refractivity contribution in [3.63, 3.8) is 0 Å². The lowest BCUT2D eigenvalue weighted by atomic mass is 10.0. The first-order valence-corrected chi connectivity index (χ1v) is 5.51. The summed E-state index contributed by atoms with van der Waals surface area (Å²) < 4.78 is 0. The lowest BCUT2D eigenvalue weighted by Crippen LogP contribution is -1.93. The highest BCUT2D eigenvalue weighted by atomic mass is 35.5. The van der Waals surface area contributed by atoms with E-state index in [1.54, 1.807) is 6.07 Å². The number of hydrogen-bond acceptors (Lipinski definition) is 2. The van der Waals surface area contributed by atoms with E-state index in [0.29, 0.717) is 6.42 Å². The molecule has 0 N–H and O–H groups in total. The zero-order chi connectivity index (χ0) is 12.3. The van der Waals surface area contributed by atoms with Crippen LogP contribution in [0.15, 0.2) is 48.5 Å². The molecule has 0 bridgehead atoms. The quantitative estimate of drug-likeness (QED) is 0.611. The molecule has 0 aliphatic heterocycles. The zero-order valence-corrected chi connectivity index (χ0v) is 9.72. The first-order valence-electron chi connectivity index (χ1n) is 5.13. The predicted molar refractivity (Wildman–Crippen MR) is 67.4 cm³/mol. The highest BCUT2D eigenvalue weighted by Crippen LogP contribution is 2.26. The van der Waals surface area contributed by atoms with Gasteiger partial charge in [0.1, 0.15) is 5.02 Å². The summed E-state index contributed by atoms with van der Waals surface area (Å²) in [5.74, 6) is 0. The molecule has 86 valence electrons. The molecule has 0 aliphatic rings. The van der Waals surface area contributed by atoms with Crippen molar-refractivity contribution in [2.24, 2.45) is 0 Å². The molecule has 2 aromatic carbocycles. The Morgan fingerprint density at radius 2 is 1.76 bits per heavy atom. The second-order valence-corrected chi connectivity index (χ2v) is 4.11. The Labute approximate surface area is 104 Å². The van der Waals surface area contributed by atoms with E-state index < -0.39 is 4.92 Å². The van der Waals surface area contributed by atoms with Gasteiger partial charge in [0.2, 0.25) is 0 Å². The molecule has 0 unspecified atom stereocenters. The van der Waals surface area contributed by atoms with Crippen LogP contribution in [0, 0.1) is 10.1 Å². The van der Waals surface area contributed by atoms with Crippen molar-refractivity contribution in [2.75, 3.05) is 0 Å². The molecule has 0 fully saturated rings. The maximum atomic E-state index is 10.7. The van der Waals surface area contributed by atoms with Crippen LogP contribution in [0.1, 0.15) is 11.1 Å². The molecule has 0 saturated carbocycles. The fraction of sp³-hybridized carbons (Fsp3) is 0.0769. The Morgan fingerprint density at radius 1 is 1.06 bits per heavy atom. The van der Waals surface area contributed by atoms with Gasteiger partial charge in [-0.3, -0.25) is 10.1 Å². The molecule has 0 atom stereocenters. The topological polar surface area (TPSA) is 43.1 Å². The van der Waals surface area contributed by atoms with Gasteiger partial charge >= 0.3 is 0 Å². The van der Waals surface area contributed by atoms with Crippen molar-refractivity contribution in [3.05, 3.63) is 74.8 Å². The van der Waals surface area contributed by atoms with Crippen LogP contribution in [-0.2, 0) is 6.42 Å². The molecule has 0 aliphatic carbocycles. The van der Waals surface area contributed by atoms with E-state index in [4.69, 9.17) is 11.6 Å². The summed E-state index contributed by atoms with van der Waals surface area (Å²) in [7, 11) is 0. The van der Waals surface area contributed by atoms with Crippen molar-refractivity contribution in [2.45, 2.75) is 6.42 Å². The average Bonchev–Trinajstić information content (AvgIpc) is 2.32. The standard InChI is InChI=1S/C13H10ClNO2/c14-12-7-6-11(9-13(12)15(16)17)8-10-4-2-1-3-5-10/h1-7,9H,8H2. The smallest absolute Gasteiger partial charge is 0.258 e. The Kier molecular flexibility index (Phi) is 3.40. The van der Waals surface area contributed by atoms with Crippen LogP contribution in [0.2, 0.25) is 5.02 Å². The second kappa shape index (κ2) is 4.97. The minimum absolute atomic E-state index is 0.0416. The first kappa shape index (κ1) is 11.6. The van der Waals surface area contributed by atoms with E-state index in [1.807, 2.05) is 36.4 Å². The SMILES string of the molecule is O=[N+]([O-])c1cc(Cc2ccccc2)ccc1Cl. The molecule has 0 saturated heterocycles. The molecule has 3 nitrogen and oxygen atoms in total. The predicted octanol–water partition coefficient (Wildman–Crippen LogP) is 3.84. The van der Waals surface area contributed by atoms with Gasteiger partial charge in [0, 0.05) is 6.07 Å². The summed E-state index contributed by atoms with van der Waals surface area (Å²) in [4.78, 5) is 10.3. The lowest BCUT2D eigenvalue weighted by Gasteiger charge is -2.02. The fourth-order valence-electron chi connectivity index (χ4n) is 1.64. The highest BCUT2D eigenvalue weighted by Gasteiger charge is 2.12. The van der Waals surface area contributed by atoms with Crippen LogP contribution >= 0.6 is 11.6 Å². The van der Waals surface area contributed by atoms with Crippen LogP contribution in [0.5, 0.6) is 0 Å². The van der Waals surface area contributed by atoms with E-state index >= 15 is 0 Å². The number of rotatable bonds is 3. The van der Waals surface area contributed by atoms with E-state index in [0.717, 1.165) is 11.1 Å². The number of halogens is 1. The van der Waals surface area contributed by atoms with Crippen molar-refractivity contribution in [1.29, 1.82) is 0 Å². The van der Waals surface area contributed by atoms with Gasteiger partial charge in [-0.05, 0) is 23.6 Å². The van der Waals surface area contributed by atoms with E-state index in [1.165, 1.54) is 6.07 Å². The molecule has 2 aromatic rings. The third kappa shape index (κ3) is 2.82. The maximum absolute atomic E-state index is 10.7. The molecule has 0 heterocycles. The highest BCUT2D eigenvalue weighted by molar-refractivity contribution is 6.32. The largest absolute Gasteiger partial charge is 0.288 e. The number of nitro benzene ring substituents is 1. The lowest BCUT2D eigenvalue weighted by molar-refractivity contribution is -0.384. The summed E-state index contributed by atoms with van der Waals surface area (Å²) in [6, 6.07) is 14.7. The van der Waals surface area contributed by atoms with Crippen molar-refractivity contribution in [1.82, 2.24) is 0 Å². The van der Waals surface area contributed by atoms with Crippen molar-refractivity contribution >= 4 is 17.3 Å². The van der Waals surface area contributed by atoms with Gasteiger partial charge < -0.3 is 0 Å². The molecule has 4 heteroatoms. The van der Waals surface area contributed by atoms with Gasteiger partial charge in [-0.15, -0.1) is 0 Å². The Morgan fingerprint density at radius 3 is 2.41 bits per heavy atom. The molecule has 2 rings (SSSR count). The molecule has 17 heavy (non-hydrogen) atoms. The number of benzene rings is 2. The van der Waals surface area contributed by atoms with Gasteiger partial charge in [0.25, 0.3) is 5.69 Å². The van der Waals surface area contributed by atoms with Gasteiger partial charge in [-0.2, -0.15) is 0 Å². The van der Waals surface area contributed by atoms with E-state index in [2.05, 4.69) is 0 Å². The summed E-state index contributed by atoms with van der Waals surface area (Å²) in [5.41, 5.74) is 1.96. The third-order valence-electron chi connectivity index (χ3n) is 2.46. The summed E-state index contributed by atoms with van der Waals surface area (Å²) >= 11 is 5.75. The normalized spacial score (nSPS) is 10.2. The summed E-state index contributed by atoms with van der Waals surface area (Å²) in [6.45, 7) is 0. The minimum Gasteiger partial charge on any atom is -0.258 e. The van der Waals surface area contributed by atoms with Crippen LogP contribution in [-0.4, -0.2) is 4.92 Å². The Hall–Kier alpha value is -1.87. The fourth-order valence-corrected chi connectivity index (χ4v) is 1.83. The van der Waals surface area contributed by atoms with Crippen LogP contribution < -0.4 is 0 Å². The van der Waals surface area contributed by atoms with E-state index in [9.17, 15) is 10.1 Å². The minimum atomic E-state index is -0.461. The monoisotopic (exact) mass is 247 g/mol. The molecule has 0 spiro atoms. The molecule has 0 amide bonds. The first-order chi connectivity index (χ1) is 8.16. The van der Waals surface area contributed by atoms with Crippen LogP contribution in [0.4, 0.5) is 5.69 Å². The second-order valence-electron chi connectivity index (χ2n) is 3.71. The van der Waals surface area contributed by atoms with Gasteiger partial charge in [-0.1, -0.05) is 48.0 Å². The van der Waals surface area contributed by atoms with Gasteiger partial charge in [0.05, 0.1) is 4.92 Å². The van der Waals surface area contributed by atoms with Crippen molar-refractivity contribution < 1.29 is 4.92 Å².